The van der Waals surface area contributed by atoms with Crippen LogP contribution in [0.2, 0.25) is 0 Å². The third kappa shape index (κ3) is 3.21. The number of benzene rings is 1. The van der Waals surface area contributed by atoms with Crippen LogP contribution in [-0.4, -0.2) is 46.9 Å². The summed E-state index contributed by atoms with van der Waals surface area (Å²) in [4.78, 5) is 12.3. The van der Waals surface area contributed by atoms with Gasteiger partial charge in [0.15, 0.2) is 0 Å². The molecule has 0 aliphatic carbocycles. The predicted octanol–water partition coefficient (Wildman–Crippen LogP) is 1.06. The standard InChI is InChI=1S/C13H18N2O3/c16-12(10-4-2-1-3-5-10)8-11-9-15(13(17)18)7-6-14-11/h1-5,11-12,14,16H,6-9H2,(H,17,18). The molecule has 98 valence electrons. The SMILES string of the molecule is O=C(O)N1CCNC(CC(O)c2ccccc2)C1. The van der Waals surface area contributed by atoms with E-state index in [0.29, 0.717) is 26.1 Å². The second kappa shape index (κ2) is 5.84. The van der Waals surface area contributed by atoms with Gasteiger partial charge in [0.2, 0.25) is 0 Å². The van der Waals surface area contributed by atoms with Gasteiger partial charge in [0.1, 0.15) is 0 Å². The molecule has 0 spiro atoms. The second-order valence-electron chi connectivity index (χ2n) is 4.54. The number of carbonyl (C=O) groups is 1. The van der Waals surface area contributed by atoms with Crippen LogP contribution in [0.3, 0.4) is 0 Å². The highest BCUT2D eigenvalue weighted by Crippen LogP contribution is 2.19. The largest absolute Gasteiger partial charge is 0.465 e. The van der Waals surface area contributed by atoms with Crippen LogP contribution >= 0.6 is 0 Å². The van der Waals surface area contributed by atoms with Gasteiger partial charge in [-0.05, 0) is 12.0 Å². The van der Waals surface area contributed by atoms with Gasteiger partial charge >= 0.3 is 6.09 Å². The molecular weight excluding hydrogens is 232 g/mol. The van der Waals surface area contributed by atoms with E-state index in [4.69, 9.17) is 5.11 Å². The van der Waals surface area contributed by atoms with E-state index in [1.807, 2.05) is 30.3 Å². The van der Waals surface area contributed by atoms with Gasteiger partial charge in [0.25, 0.3) is 0 Å². The van der Waals surface area contributed by atoms with Crippen molar-refractivity contribution in [1.82, 2.24) is 10.2 Å². The lowest BCUT2D eigenvalue weighted by molar-refractivity contribution is 0.105. The summed E-state index contributed by atoms with van der Waals surface area (Å²) < 4.78 is 0. The summed E-state index contributed by atoms with van der Waals surface area (Å²) in [6, 6.07) is 9.43. The van der Waals surface area contributed by atoms with E-state index >= 15 is 0 Å². The number of nitrogens with zero attached hydrogens (tertiary/aromatic N) is 1. The number of piperazine rings is 1. The van der Waals surface area contributed by atoms with E-state index in [2.05, 4.69) is 5.32 Å². The van der Waals surface area contributed by atoms with Crippen molar-refractivity contribution in [1.29, 1.82) is 0 Å². The topological polar surface area (TPSA) is 72.8 Å². The molecule has 3 N–H and O–H groups in total. The Morgan fingerprint density at radius 3 is 2.83 bits per heavy atom. The molecule has 1 aliphatic rings. The van der Waals surface area contributed by atoms with Crippen molar-refractivity contribution in [3.8, 4) is 0 Å². The van der Waals surface area contributed by atoms with Crippen molar-refractivity contribution in [2.24, 2.45) is 0 Å². The zero-order valence-electron chi connectivity index (χ0n) is 10.1. The van der Waals surface area contributed by atoms with Crippen LogP contribution in [-0.2, 0) is 0 Å². The molecule has 2 atom stereocenters. The Morgan fingerprint density at radius 2 is 2.17 bits per heavy atom. The number of hydrogen-bond acceptors (Lipinski definition) is 3. The van der Waals surface area contributed by atoms with Crippen molar-refractivity contribution in [3.05, 3.63) is 35.9 Å². The van der Waals surface area contributed by atoms with E-state index in [1.165, 1.54) is 4.90 Å². The van der Waals surface area contributed by atoms with Gasteiger partial charge in [0, 0.05) is 25.7 Å². The highest BCUT2D eigenvalue weighted by atomic mass is 16.4. The molecule has 1 saturated heterocycles. The first-order valence-corrected chi connectivity index (χ1v) is 6.11. The number of rotatable bonds is 3. The molecule has 18 heavy (non-hydrogen) atoms. The van der Waals surface area contributed by atoms with Crippen LogP contribution in [0, 0.1) is 0 Å². The summed E-state index contributed by atoms with van der Waals surface area (Å²) in [6.07, 6.45) is -0.929. The molecule has 5 nitrogen and oxygen atoms in total. The fourth-order valence-electron chi connectivity index (χ4n) is 2.24. The Morgan fingerprint density at radius 1 is 1.44 bits per heavy atom. The van der Waals surface area contributed by atoms with E-state index in [1.54, 1.807) is 0 Å². The minimum Gasteiger partial charge on any atom is -0.465 e. The molecule has 5 heteroatoms. The van der Waals surface area contributed by atoms with Gasteiger partial charge in [-0.3, -0.25) is 0 Å². The summed E-state index contributed by atoms with van der Waals surface area (Å²) in [5.74, 6) is 0. The first-order chi connectivity index (χ1) is 8.66. The highest BCUT2D eigenvalue weighted by molar-refractivity contribution is 5.65. The van der Waals surface area contributed by atoms with Crippen LogP contribution in [0.1, 0.15) is 18.1 Å². The number of nitrogens with one attached hydrogen (secondary N) is 1. The fourth-order valence-corrected chi connectivity index (χ4v) is 2.24. The molecule has 1 amide bonds. The van der Waals surface area contributed by atoms with E-state index < -0.39 is 12.2 Å². The first-order valence-electron chi connectivity index (χ1n) is 6.11. The van der Waals surface area contributed by atoms with Crippen LogP contribution in [0.25, 0.3) is 0 Å². The fraction of sp³-hybridized carbons (Fsp3) is 0.462. The number of amides is 1. The van der Waals surface area contributed by atoms with E-state index in [0.717, 1.165) is 5.56 Å². The lowest BCUT2D eigenvalue weighted by Gasteiger charge is -2.32. The minimum atomic E-state index is -0.893. The zero-order chi connectivity index (χ0) is 13.0. The predicted molar refractivity (Wildman–Crippen MR) is 67.4 cm³/mol. The minimum absolute atomic E-state index is 0.00468. The summed E-state index contributed by atoms with van der Waals surface area (Å²) in [5, 5.41) is 22.3. The molecule has 1 aliphatic heterocycles. The second-order valence-corrected chi connectivity index (χ2v) is 4.54. The molecule has 1 aromatic carbocycles. The number of hydrogen-bond donors (Lipinski definition) is 3. The first kappa shape index (κ1) is 12.9. The molecule has 1 fully saturated rings. The van der Waals surface area contributed by atoms with Crippen molar-refractivity contribution in [2.45, 2.75) is 18.6 Å². The zero-order valence-corrected chi connectivity index (χ0v) is 10.1. The Kier molecular flexibility index (Phi) is 4.17. The molecule has 2 unspecified atom stereocenters. The summed E-state index contributed by atoms with van der Waals surface area (Å²) in [6.45, 7) is 1.57. The van der Waals surface area contributed by atoms with Crippen LogP contribution in [0.4, 0.5) is 4.79 Å². The third-order valence-corrected chi connectivity index (χ3v) is 3.22. The Bertz CT molecular complexity index is 396. The van der Waals surface area contributed by atoms with Gasteiger partial charge in [0.05, 0.1) is 6.10 Å². The van der Waals surface area contributed by atoms with Crippen molar-refractivity contribution in [2.75, 3.05) is 19.6 Å². The molecule has 0 radical (unpaired) electrons. The normalized spacial score (nSPS) is 21.6. The Hall–Kier alpha value is -1.59. The summed E-state index contributed by atoms with van der Waals surface area (Å²) >= 11 is 0. The van der Waals surface area contributed by atoms with Crippen LogP contribution in [0.15, 0.2) is 30.3 Å². The van der Waals surface area contributed by atoms with Gasteiger partial charge in [-0.25, -0.2) is 4.79 Å². The van der Waals surface area contributed by atoms with Gasteiger partial charge in [-0.2, -0.15) is 0 Å². The molecule has 0 saturated carbocycles. The molecule has 1 aromatic rings. The van der Waals surface area contributed by atoms with Crippen LogP contribution in [0.5, 0.6) is 0 Å². The molecule has 1 heterocycles. The molecular formula is C13H18N2O3. The quantitative estimate of drug-likeness (QED) is 0.750. The maximum absolute atomic E-state index is 10.9. The molecule has 2 rings (SSSR count). The maximum Gasteiger partial charge on any atom is 0.407 e. The van der Waals surface area contributed by atoms with Crippen LogP contribution < -0.4 is 5.32 Å². The lowest BCUT2D eigenvalue weighted by atomic mass is 10.0. The summed E-state index contributed by atoms with van der Waals surface area (Å²) in [5.41, 5.74) is 0.867. The summed E-state index contributed by atoms with van der Waals surface area (Å²) in [7, 11) is 0. The average molecular weight is 250 g/mol. The number of aliphatic hydroxyl groups is 1. The number of carboxylic acid groups (broad SMARTS) is 1. The Balaban J connectivity index is 1.91. The van der Waals surface area contributed by atoms with Crippen molar-refractivity contribution < 1.29 is 15.0 Å². The highest BCUT2D eigenvalue weighted by Gasteiger charge is 2.24. The Labute approximate surface area is 106 Å². The molecule has 0 aromatic heterocycles. The third-order valence-electron chi connectivity index (χ3n) is 3.22. The van der Waals surface area contributed by atoms with Gasteiger partial charge in [-0.1, -0.05) is 30.3 Å². The lowest BCUT2D eigenvalue weighted by Crippen LogP contribution is -2.52. The van der Waals surface area contributed by atoms with Crippen molar-refractivity contribution >= 4 is 6.09 Å². The van der Waals surface area contributed by atoms with E-state index in [-0.39, 0.29) is 6.04 Å². The maximum atomic E-state index is 10.9. The monoisotopic (exact) mass is 250 g/mol. The number of aliphatic hydroxyl groups excluding tert-OH is 1. The van der Waals surface area contributed by atoms with E-state index in [9.17, 15) is 9.90 Å². The van der Waals surface area contributed by atoms with Gasteiger partial charge in [-0.15, -0.1) is 0 Å². The average Bonchev–Trinajstić information content (AvgIpc) is 2.40. The van der Waals surface area contributed by atoms with Gasteiger partial charge < -0.3 is 20.4 Å². The molecule has 0 bridgehead atoms. The smallest absolute Gasteiger partial charge is 0.407 e. The van der Waals surface area contributed by atoms with Crippen molar-refractivity contribution in [3.63, 3.8) is 0 Å².